The molecule has 1 fully saturated rings. The molecule has 1 saturated heterocycles. The van der Waals surface area contributed by atoms with E-state index < -0.39 is 23.4 Å². The average molecular weight is 411 g/mol. The number of carbonyl (C=O) groups is 2. The van der Waals surface area contributed by atoms with Crippen LogP contribution in [0.25, 0.3) is 0 Å². The van der Waals surface area contributed by atoms with Crippen LogP contribution in [0.1, 0.15) is 24.1 Å². The molecule has 0 saturated carbocycles. The molecule has 2 aliphatic rings. The van der Waals surface area contributed by atoms with Gasteiger partial charge >= 0.3 is 11.9 Å². The van der Waals surface area contributed by atoms with Crippen LogP contribution in [-0.4, -0.2) is 39.4 Å². The lowest BCUT2D eigenvalue weighted by Crippen LogP contribution is -2.53. The molecule has 2 aromatic carbocycles. The second-order valence-corrected chi connectivity index (χ2v) is 7.40. The minimum Gasteiger partial charge on any atom is -0.497 e. The number of ether oxygens (including phenoxy) is 4. The van der Waals surface area contributed by atoms with E-state index in [1.807, 2.05) is 48.5 Å². The first-order valence-electron chi connectivity index (χ1n) is 9.95. The Morgan fingerprint density at radius 1 is 1.17 bits per heavy atom. The van der Waals surface area contributed by atoms with Crippen LogP contribution in [0.4, 0.5) is 0 Å². The molecule has 0 amide bonds. The minimum absolute atomic E-state index is 0.216. The number of carbonyl (C=O) groups excluding carboxylic acids is 2. The van der Waals surface area contributed by atoms with Gasteiger partial charge in [0.05, 0.1) is 33.4 Å². The highest BCUT2D eigenvalue weighted by Crippen LogP contribution is 2.53. The van der Waals surface area contributed by atoms with Gasteiger partial charge < -0.3 is 18.9 Å². The summed E-state index contributed by atoms with van der Waals surface area (Å²) in [7, 11) is 2.92. The van der Waals surface area contributed by atoms with Crippen LogP contribution in [0.15, 0.2) is 48.5 Å². The van der Waals surface area contributed by atoms with Gasteiger partial charge in [-0.05, 0) is 18.6 Å². The topological polar surface area (TPSA) is 83.1 Å². The zero-order valence-electron chi connectivity index (χ0n) is 17.2. The molecule has 0 radical (unpaired) electrons. The summed E-state index contributed by atoms with van der Waals surface area (Å²) >= 11 is 0. The summed E-state index contributed by atoms with van der Waals surface area (Å²) in [6.07, 6.45) is 0. The predicted molar refractivity (Wildman–Crippen MR) is 108 cm³/mol. The Kier molecular flexibility index (Phi) is 5.39. The van der Waals surface area contributed by atoms with Crippen molar-refractivity contribution in [2.45, 2.75) is 18.5 Å². The van der Waals surface area contributed by atoms with Crippen molar-refractivity contribution >= 4 is 11.9 Å². The fraction of sp³-hybridized carbons (Fsp3) is 0.391. The summed E-state index contributed by atoms with van der Waals surface area (Å²) in [4.78, 5) is 26.4. The fourth-order valence-corrected chi connectivity index (χ4v) is 4.68. The van der Waals surface area contributed by atoms with Crippen LogP contribution in [0.3, 0.4) is 0 Å². The minimum atomic E-state index is -1.39. The van der Waals surface area contributed by atoms with Crippen LogP contribution in [0.2, 0.25) is 0 Å². The second kappa shape index (κ2) is 7.99. The Hall–Kier alpha value is -3.06. The Bertz CT molecular complexity index is 946. The van der Waals surface area contributed by atoms with E-state index in [4.69, 9.17) is 18.9 Å². The standard InChI is InChI=1S/C23H25NO6/c1-4-29-21(25)19-17-13-30-18-12-15(27-2)10-11-16(18)20(17)24-23(19,22(26)28-3)14-8-6-5-7-9-14/h5-12,17,19-20,24H,4,13H2,1-3H3/t17-,19+,20+,23+/m0/s1. The molecule has 2 aliphatic heterocycles. The third-order valence-electron chi connectivity index (χ3n) is 5.97. The van der Waals surface area contributed by atoms with Crippen molar-refractivity contribution in [2.75, 3.05) is 27.4 Å². The number of hydrogen-bond donors (Lipinski definition) is 1. The fourth-order valence-electron chi connectivity index (χ4n) is 4.68. The second-order valence-electron chi connectivity index (χ2n) is 7.40. The molecular formula is C23H25NO6. The molecule has 30 heavy (non-hydrogen) atoms. The summed E-state index contributed by atoms with van der Waals surface area (Å²) in [5, 5.41) is 3.46. The number of nitrogens with one attached hydrogen (secondary N) is 1. The lowest BCUT2D eigenvalue weighted by molar-refractivity contribution is -0.162. The van der Waals surface area contributed by atoms with Crippen LogP contribution in [0, 0.1) is 11.8 Å². The van der Waals surface area contributed by atoms with Crippen LogP contribution >= 0.6 is 0 Å². The Morgan fingerprint density at radius 3 is 2.60 bits per heavy atom. The van der Waals surface area contributed by atoms with Gasteiger partial charge in [-0.1, -0.05) is 36.4 Å². The molecule has 4 atom stereocenters. The lowest BCUT2D eigenvalue weighted by atomic mass is 9.74. The highest BCUT2D eigenvalue weighted by atomic mass is 16.5. The first-order valence-corrected chi connectivity index (χ1v) is 9.95. The zero-order valence-corrected chi connectivity index (χ0v) is 17.2. The number of rotatable bonds is 5. The maximum absolute atomic E-state index is 13.3. The van der Waals surface area contributed by atoms with Gasteiger partial charge in [-0.15, -0.1) is 0 Å². The van der Waals surface area contributed by atoms with Gasteiger partial charge in [0.15, 0.2) is 5.54 Å². The Morgan fingerprint density at radius 2 is 1.93 bits per heavy atom. The maximum Gasteiger partial charge on any atom is 0.331 e. The molecule has 0 spiro atoms. The van der Waals surface area contributed by atoms with Crippen molar-refractivity contribution in [3.63, 3.8) is 0 Å². The molecule has 2 aromatic rings. The van der Waals surface area contributed by atoms with Crippen molar-refractivity contribution in [3.05, 3.63) is 59.7 Å². The molecule has 0 unspecified atom stereocenters. The number of esters is 2. The third kappa shape index (κ3) is 3.01. The number of benzene rings is 2. The van der Waals surface area contributed by atoms with E-state index in [-0.39, 0.29) is 25.2 Å². The number of methoxy groups -OCH3 is 2. The van der Waals surface area contributed by atoms with E-state index in [0.717, 1.165) is 5.56 Å². The van der Waals surface area contributed by atoms with E-state index in [1.54, 1.807) is 14.0 Å². The Labute approximate surface area is 175 Å². The van der Waals surface area contributed by atoms with E-state index in [0.29, 0.717) is 17.1 Å². The zero-order chi connectivity index (χ0) is 21.3. The van der Waals surface area contributed by atoms with Crippen LogP contribution in [0.5, 0.6) is 11.5 Å². The lowest BCUT2D eigenvalue weighted by Gasteiger charge is -2.33. The molecule has 0 aliphatic carbocycles. The number of fused-ring (bicyclic) bond motifs is 3. The molecule has 0 aromatic heterocycles. The molecule has 2 heterocycles. The first kappa shape index (κ1) is 20.2. The smallest absolute Gasteiger partial charge is 0.331 e. The summed E-state index contributed by atoms with van der Waals surface area (Å²) in [5.74, 6) is -0.769. The maximum atomic E-state index is 13.3. The largest absolute Gasteiger partial charge is 0.497 e. The van der Waals surface area contributed by atoms with E-state index in [2.05, 4.69) is 5.32 Å². The highest BCUT2D eigenvalue weighted by Gasteiger charge is 2.64. The Balaban J connectivity index is 1.88. The average Bonchev–Trinajstić information content (AvgIpc) is 3.15. The molecule has 0 bridgehead atoms. The quantitative estimate of drug-likeness (QED) is 0.757. The summed E-state index contributed by atoms with van der Waals surface area (Å²) in [5.41, 5.74) is 0.130. The highest BCUT2D eigenvalue weighted by molar-refractivity contribution is 5.91. The summed E-state index contributed by atoms with van der Waals surface area (Å²) < 4.78 is 21.9. The van der Waals surface area contributed by atoms with Gasteiger partial charge in [-0.2, -0.15) is 0 Å². The van der Waals surface area contributed by atoms with Crippen LogP contribution < -0.4 is 14.8 Å². The van der Waals surface area contributed by atoms with E-state index in [1.165, 1.54) is 7.11 Å². The molecule has 7 heteroatoms. The molecule has 158 valence electrons. The molecule has 1 N–H and O–H groups in total. The van der Waals surface area contributed by atoms with Crippen molar-refractivity contribution in [1.82, 2.24) is 5.32 Å². The number of hydrogen-bond acceptors (Lipinski definition) is 7. The predicted octanol–water partition coefficient (Wildman–Crippen LogP) is 2.60. The molecule has 4 rings (SSSR count). The van der Waals surface area contributed by atoms with Crippen LogP contribution in [-0.2, 0) is 24.6 Å². The van der Waals surface area contributed by atoms with Gasteiger partial charge in [-0.25, -0.2) is 4.79 Å². The monoisotopic (exact) mass is 411 g/mol. The summed E-state index contributed by atoms with van der Waals surface area (Å²) in [6.45, 7) is 2.22. The van der Waals surface area contributed by atoms with Gasteiger partial charge in [0.1, 0.15) is 11.5 Å². The summed E-state index contributed by atoms with van der Waals surface area (Å²) in [6, 6.07) is 14.4. The normalized spacial score (nSPS) is 26.7. The van der Waals surface area contributed by atoms with Crippen molar-refractivity contribution in [3.8, 4) is 11.5 Å². The van der Waals surface area contributed by atoms with E-state index >= 15 is 0 Å². The van der Waals surface area contributed by atoms with Gasteiger partial charge in [0, 0.05) is 23.6 Å². The molecule has 7 nitrogen and oxygen atoms in total. The van der Waals surface area contributed by atoms with Crippen molar-refractivity contribution in [1.29, 1.82) is 0 Å². The molecular weight excluding hydrogens is 386 g/mol. The SMILES string of the molecule is CCOC(=O)[C@H]1[C@@H]2COc3cc(OC)ccc3[C@H]2N[C@]1(C(=O)OC)c1ccccc1. The first-order chi connectivity index (χ1) is 14.6. The van der Waals surface area contributed by atoms with Crippen molar-refractivity contribution in [2.24, 2.45) is 11.8 Å². The van der Waals surface area contributed by atoms with Gasteiger partial charge in [0.2, 0.25) is 0 Å². The van der Waals surface area contributed by atoms with Crippen molar-refractivity contribution < 1.29 is 28.5 Å². The van der Waals surface area contributed by atoms with E-state index in [9.17, 15) is 9.59 Å². The van der Waals surface area contributed by atoms with Gasteiger partial charge in [-0.3, -0.25) is 10.1 Å². The van der Waals surface area contributed by atoms with Gasteiger partial charge in [0.25, 0.3) is 0 Å². The third-order valence-corrected chi connectivity index (χ3v) is 5.97.